The number of nitrogens with one attached hydrogen (secondary N) is 2. The van der Waals surface area contributed by atoms with Gasteiger partial charge in [0.25, 0.3) is 5.56 Å². The summed E-state index contributed by atoms with van der Waals surface area (Å²) < 4.78 is 0. The fourth-order valence-corrected chi connectivity index (χ4v) is 3.93. The second-order valence-corrected chi connectivity index (χ2v) is 7.17. The van der Waals surface area contributed by atoms with Crippen LogP contribution in [-0.4, -0.2) is 25.6 Å². The Balaban J connectivity index is 1.78. The summed E-state index contributed by atoms with van der Waals surface area (Å²) >= 11 is 0. The van der Waals surface area contributed by atoms with Crippen LogP contribution in [0, 0.1) is 6.92 Å². The summed E-state index contributed by atoms with van der Waals surface area (Å²) in [6.45, 7) is 7.71. The van der Waals surface area contributed by atoms with Crippen LogP contribution >= 0.6 is 0 Å². The molecular weight excluding hydrogens is 374 g/mol. The van der Waals surface area contributed by atoms with Crippen LogP contribution in [0.3, 0.4) is 0 Å². The van der Waals surface area contributed by atoms with E-state index in [0.29, 0.717) is 11.4 Å². The fraction of sp³-hybridized carbons (Fsp3) is 0.0833. The van der Waals surface area contributed by atoms with Gasteiger partial charge in [-0.05, 0) is 49.6 Å². The van der Waals surface area contributed by atoms with E-state index in [0.717, 1.165) is 50.4 Å². The number of aryl methyl sites for hydroxylation is 1. The van der Waals surface area contributed by atoms with Gasteiger partial charge in [-0.25, -0.2) is 4.98 Å². The number of aliphatic imine (C=N–C) groups is 1. The molecule has 2 N–H and O–H groups in total. The molecule has 0 amide bonds. The van der Waals surface area contributed by atoms with Crippen LogP contribution in [0.5, 0.6) is 0 Å². The summed E-state index contributed by atoms with van der Waals surface area (Å²) in [7, 11) is 0. The maximum Gasteiger partial charge on any atom is 0.259 e. The molecule has 0 fully saturated rings. The van der Waals surface area contributed by atoms with Gasteiger partial charge in [0.05, 0.1) is 28.4 Å². The zero-order chi connectivity index (χ0) is 20.8. The van der Waals surface area contributed by atoms with Crippen molar-refractivity contribution in [2.45, 2.75) is 13.8 Å². The molecular formula is C24H19N5O. The smallest absolute Gasteiger partial charge is 0.259 e. The second-order valence-electron chi connectivity index (χ2n) is 7.17. The lowest BCUT2D eigenvalue weighted by atomic mass is 9.90. The van der Waals surface area contributed by atoms with Crippen molar-refractivity contribution in [3.05, 3.63) is 88.8 Å². The molecule has 0 aliphatic heterocycles. The number of fused-ring (bicyclic) bond motifs is 4. The molecule has 1 aliphatic rings. The van der Waals surface area contributed by atoms with Crippen LogP contribution in [0.25, 0.3) is 39.1 Å². The Labute approximate surface area is 172 Å². The molecule has 6 heteroatoms. The summed E-state index contributed by atoms with van der Waals surface area (Å²) in [5.74, 6) is 0.513. The van der Waals surface area contributed by atoms with E-state index < -0.39 is 0 Å². The molecule has 0 spiro atoms. The van der Waals surface area contributed by atoms with E-state index in [-0.39, 0.29) is 5.56 Å². The maximum absolute atomic E-state index is 12.8. The number of nitrogens with zero attached hydrogens (tertiary/aromatic N) is 3. The summed E-state index contributed by atoms with van der Waals surface area (Å²) in [6.07, 6.45) is 5.21. The molecule has 0 saturated heterocycles. The fourth-order valence-electron chi connectivity index (χ4n) is 3.93. The summed E-state index contributed by atoms with van der Waals surface area (Å²) in [4.78, 5) is 32.9. The minimum atomic E-state index is -0.189. The highest BCUT2D eigenvalue weighted by atomic mass is 16.1. The third-order valence-corrected chi connectivity index (χ3v) is 5.28. The van der Waals surface area contributed by atoms with Gasteiger partial charge in [0.15, 0.2) is 0 Å². The highest BCUT2D eigenvalue weighted by Crippen LogP contribution is 2.38. The van der Waals surface area contributed by atoms with Crippen molar-refractivity contribution in [1.29, 1.82) is 0 Å². The van der Waals surface area contributed by atoms with Crippen molar-refractivity contribution < 1.29 is 0 Å². The highest BCUT2D eigenvalue weighted by Gasteiger charge is 2.30. The lowest BCUT2D eigenvalue weighted by molar-refractivity contribution is 1.24. The normalized spacial score (nSPS) is 15.4. The van der Waals surface area contributed by atoms with Crippen LogP contribution in [0.15, 0.2) is 71.2 Å². The number of hydrogen-bond donors (Lipinski definition) is 2. The molecule has 5 rings (SSSR count). The van der Waals surface area contributed by atoms with E-state index in [2.05, 4.69) is 26.5 Å². The third-order valence-electron chi connectivity index (χ3n) is 5.28. The number of aromatic nitrogens is 4. The number of benzene rings is 1. The molecule has 3 aromatic heterocycles. The Morgan fingerprint density at radius 3 is 2.77 bits per heavy atom. The quantitative estimate of drug-likeness (QED) is 0.520. The lowest BCUT2D eigenvalue weighted by Gasteiger charge is -2.18. The molecule has 30 heavy (non-hydrogen) atoms. The van der Waals surface area contributed by atoms with Crippen LogP contribution < -0.4 is 5.56 Å². The first-order chi connectivity index (χ1) is 14.6. The van der Waals surface area contributed by atoms with Crippen LogP contribution in [0.2, 0.25) is 0 Å². The SMILES string of the molecule is C=CN=C1/C(=C\C)c2[nH]c(-c3cc4cc(C)ccc4[nH]c3=O)nc2-c2cccnc21. The predicted molar refractivity (Wildman–Crippen MR) is 121 cm³/mol. The largest absolute Gasteiger partial charge is 0.337 e. The molecule has 4 aromatic rings. The van der Waals surface area contributed by atoms with Crippen LogP contribution in [-0.2, 0) is 0 Å². The molecule has 0 atom stereocenters. The van der Waals surface area contributed by atoms with Gasteiger partial charge in [-0.1, -0.05) is 24.3 Å². The maximum atomic E-state index is 12.8. The van der Waals surface area contributed by atoms with E-state index in [1.54, 1.807) is 6.20 Å². The topological polar surface area (TPSA) is 86.8 Å². The molecule has 3 heterocycles. The number of hydrogen-bond acceptors (Lipinski definition) is 4. The zero-order valence-electron chi connectivity index (χ0n) is 16.7. The molecule has 0 bridgehead atoms. The summed E-state index contributed by atoms with van der Waals surface area (Å²) in [6, 6.07) is 11.7. The number of aromatic amines is 2. The molecule has 1 aliphatic carbocycles. The molecule has 146 valence electrons. The monoisotopic (exact) mass is 393 g/mol. The van der Waals surface area contributed by atoms with Crippen molar-refractivity contribution in [3.63, 3.8) is 0 Å². The summed E-state index contributed by atoms with van der Waals surface area (Å²) in [5, 5.41) is 0.959. The number of imidazole rings is 1. The Kier molecular flexibility index (Phi) is 4.06. The van der Waals surface area contributed by atoms with Gasteiger partial charge in [0.1, 0.15) is 5.82 Å². The molecule has 0 unspecified atom stereocenters. The Morgan fingerprint density at radius 2 is 1.97 bits per heavy atom. The zero-order valence-corrected chi connectivity index (χ0v) is 16.7. The van der Waals surface area contributed by atoms with Crippen LogP contribution in [0.1, 0.15) is 23.9 Å². The number of H-pyrrole nitrogens is 2. The van der Waals surface area contributed by atoms with Gasteiger partial charge in [0.2, 0.25) is 0 Å². The minimum absolute atomic E-state index is 0.189. The molecule has 1 aromatic carbocycles. The first kappa shape index (κ1) is 18.0. The molecule has 0 saturated carbocycles. The van der Waals surface area contributed by atoms with E-state index in [1.165, 1.54) is 6.20 Å². The van der Waals surface area contributed by atoms with Gasteiger partial charge >= 0.3 is 0 Å². The van der Waals surface area contributed by atoms with Gasteiger partial charge < -0.3 is 9.97 Å². The second kappa shape index (κ2) is 6.77. The first-order valence-electron chi connectivity index (χ1n) is 9.66. The van der Waals surface area contributed by atoms with Crippen molar-refractivity contribution in [2.24, 2.45) is 4.99 Å². The van der Waals surface area contributed by atoms with Crippen molar-refractivity contribution in [3.8, 4) is 22.6 Å². The average Bonchev–Trinajstić information content (AvgIpc) is 3.19. The number of allylic oxidation sites excluding steroid dienone is 2. The average molecular weight is 393 g/mol. The standard InChI is InChI=1S/C24H19N5O/c1-4-15-19(25-5-2)20-16(7-6-10-26-20)22-21(15)28-23(29-22)17-12-14-11-13(3)8-9-18(14)27-24(17)30/h4-12H,2H2,1,3H3,(H,27,30)(H,28,29)/b15-4+,25-19?. The van der Waals surface area contributed by atoms with Crippen molar-refractivity contribution >= 4 is 22.2 Å². The van der Waals surface area contributed by atoms with E-state index in [4.69, 9.17) is 4.98 Å². The Bertz CT molecular complexity index is 1450. The number of rotatable bonds is 2. The Hall–Kier alpha value is -4.06. The Morgan fingerprint density at radius 1 is 1.10 bits per heavy atom. The third kappa shape index (κ3) is 2.65. The summed E-state index contributed by atoms with van der Waals surface area (Å²) in [5.41, 5.74) is 7.03. The van der Waals surface area contributed by atoms with Gasteiger partial charge in [-0.15, -0.1) is 0 Å². The van der Waals surface area contributed by atoms with Crippen molar-refractivity contribution in [1.82, 2.24) is 19.9 Å². The highest BCUT2D eigenvalue weighted by molar-refractivity contribution is 6.35. The minimum Gasteiger partial charge on any atom is -0.337 e. The van der Waals surface area contributed by atoms with Gasteiger partial charge in [-0.3, -0.25) is 14.8 Å². The van der Waals surface area contributed by atoms with E-state index >= 15 is 0 Å². The van der Waals surface area contributed by atoms with Gasteiger partial charge in [0, 0.05) is 29.1 Å². The molecule has 0 radical (unpaired) electrons. The number of pyridine rings is 2. The first-order valence-corrected chi connectivity index (χ1v) is 9.66. The van der Waals surface area contributed by atoms with Crippen molar-refractivity contribution in [2.75, 3.05) is 0 Å². The predicted octanol–water partition coefficient (Wildman–Crippen LogP) is 4.64. The lowest BCUT2D eigenvalue weighted by Crippen LogP contribution is -2.14. The van der Waals surface area contributed by atoms with Crippen LogP contribution in [0.4, 0.5) is 0 Å². The molecule has 6 nitrogen and oxygen atoms in total. The van der Waals surface area contributed by atoms with E-state index in [9.17, 15) is 4.79 Å². The van der Waals surface area contributed by atoms with E-state index in [1.807, 2.05) is 56.3 Å². The van der Waals surface area contributed by atoms with Gasteiger partial charge in [-0.2, -0.15) is 0 Å².